The van der Waals surface area contributed by atoms with Crippen LogP contribution in [0.1, 0.15) is 16.8 Å². The van der Waals surface area contributed by atoms with Gasteiger partial charge in [0.05, 0.1) is 5.69 Å². The van der Waals surface area contributed by atoms with E-state index in [-0.39, 0.29) is 23.5 Å². The average Bonchev–Trinajstić information content (AvgIpc) is 2.66. The van der Waals surface area contributed by atoms with Gasteiger partial charge in [-0.05, 0) is 42.8 Å². The lowest BCUT2D eigenvalue weighted by Gasteiger charge is -2.08. The van der Waals surface area contributed by atoms with Gasteiger partial charge >= 0.3 is 12.6 Å². The molecule has 6 nitrogen and oxygen atoms in total. The van der Waals surface area contributed by atoms with E-state index in [9.17, 15) is 18.4 Å². The number of fused-ring (bicyclic) bond motifs is 1. The summed E-state index contributed by atoms with van der Waals surface area (Å²) in [6.07, 6.45) is 4.05. The van der Waals surface area contributed by atoms with Crippen LogP contribution in [-0.2, 0) is 16.1 Å². The Balaban J connectivity index is 1.70. The van der Waals surface area contributed by atoms with E-state index in [1.165, 1.54) is 28.7 Å². The molecule has 0 aliphatic heterocycles. The molecule has 0 fully saturated rings. The molecular formula is C20H15BrF2N2O4. The van der Waals surface area contributed by atoms with E-state index in [1.54, 1.807) is 18.3 Å². The van der Waals surface area contributed by atoms with Crippen LogP contribution in [0.25, 0.3) is 11.7 Å². The molecule has 0 saturated carbocycles. The molecule has 0 aliphatic rings. The van der Waals surface area contributed by atoms with Crippen molar-refractivity contribution in [1.82, 2.24) is 9.38 Å². The number of halogens is 3. The second kappa shape index (κ2) is 8.95. The van der Waals surface area contributed by atoms with Crippen LogP contribution in [0.2, 0.25) is 0 Å². The molecule has 2 aromatic heterocycles. The Morgan fingerprint density at radius 1 is 1.28 bits per heavy atom. The zero-order chi connectivity index (χ0) is 21.0. The van der Waals surface area contributed by atoms with E-state index in [2.05, 4.69) is 25.7 Å². The van der Waals surface area contributed by atoms with Crippen molar-refractivity contribution in [2.45, 2.75) is 20.1 Å². The van der Waals surface area contributed by atoms with Gasteiger partial charge in [-0.25, -0.2) is 9.78 Å². The van der Waals surface area contributed by atoms with Crippen LogP contribution in [0.5, 0.6) is 5.75 Å². The lowest BCUT2D eigenvalue weighted by Crippen LogP contribution is -2.16. The van der Waals surface area contributed by atoms with Crippen molar-refractivity contribution < 1.29 is 23.0 Å². The second-order valence-corrected chi connectivity index (χ2v) is 6.94. The first-order valence-electron chi connectivity index (χ1n) is 8.40. The van der Waals surface area contributed by atoms with Crippen LogP contribution >= 0.6 is 15.9 Å². The molecule has 9 heteroatoms. The Morgan fingerprint density at radius 2 is 2.07 bits per heavy atom. The maximum Gasteiger partial charge on any atom is 0.387 e. The van der Waals surface area contributed by atoms with Crippen molar-refractivity contribution in [2.75, 3.05) is 0 Å². The van der Waals surface area contributed by atoms with Crippen LogP contribution in [0.4, 0.5) is 8.78 Å². The minimum atomic E-state index is -2.99. The smallest absolute Gasteiger partial charge is 0.387 e. The fraction of sp³-hybridized carbons (Fsp3) is 0.150. The first-order valence-corrected chi connectivity index (χ1v) is 9.19. The number of carbonyl (C=O) groups is 1. The monoisotopic (exact) mass is 464 g/mol. The number of aromatic nitrogens is 2. The van der Waals surface area contributed by atoms with E-state index < -0.39 is 12.6 Å². The first kappa shape index (κ1) is 20.7. The lowest BCUT2D eigenvalue weighted by molar-refractivity contribution is -0.139. The number of ether oxygens (including phenoxy) is 2. The van der Waals surface area contributed by atoms with Gasteiger partial charge in [-0.1, -0.05) is 22.0 Å². The lowest BCUT2D eigenvalue weighted by atomic mass is 10.2. The third-order valence-electron chi connectivity index (χ3n) is 3.81. The molecule has 0 bridgehead atoms. The number of pyridine rings is 1. The molecular weight excluding hydrogens is 450 g/mol. The van der Waals surface area contributed by atoms with Gasteiger partial charge in [0.2, 0.25) is 0 Å². The Bertz CT molecular complexity index is 1150. The molecule has 3 rings (SSSR count). The van der Waals surface area contributed by atoms with Crippen molar-refractivity contribution in [1.29, 1.82) is 0 Å². The molecule has 150 valence electrons. The third kappa shape index (κ3) is 5.47. The standard InChI is InChI=1S/C20H15BrF2N2O4/c1-12-2-6-17-24-15(9-18(26)25(17)10-12)11-28-19(27)7-3-13-8-14(21)4-5-16(13)29-20(22)23/h2-10,20H,11H2,1H3/b7-3+. The van der Waals surface area contributed by atoms with E-state index in [4.69, 9.17) is 4.74 Å². The maximum atomic E-state index is 12.5. The van der Waals surface area contributed by atoms with E-state index >= 15 is 0 Å². The molecule has 0 spiro atoms. The number of hydrogen-bond acceptors (Lipinski definition) is 5. The number of benzene rings is 1. The summed E-state index contributed by atoms with van der Waals surface area (Å²) in [5.41, 5.74) is 1.63. The highest BCUT2D eigenvalue weighted by molar-refractivity contribution is 9.10. The van der Waals surface area contributed by atoms with Crippen molar-refractivity contribution in [3.8, 4) is 5.75 Å². The normalized spacial score (nSPS) is 11.3. The van der Waals surface area contributed by atoms with Crippen LogP contribution in [0, 0.1) is 6.92 Å². The first-order chi connectivity index (χ1) is 13.8. The van der Waals surface area contributed by atoms with Crippen LogP contribution in [0.3, 0.4) is 0 Å². The van der Waals surface area contributed by atoms with Crippen molar-refractivity contribution in [2.24, 2.45) is 0 Å². The largest absolute Gasteiger partial charge is 0.456 e. The number of alkyl halides is 2. The summed E-state index contributed by atoms with van der Waals surface area (Å²) in [6, 6.07) is 9.22. The Morgan fingerprint density at radius 3 is 2.83 bits per heavy atom. The summed E-state index contributed by atoms with van der Waals surface area (Å²) in [4.78, 5) is 28.4. The Labute approximate surface area is 172 Å². The van der Waals surface area contributed by atoms with Crippen molar-refractivity contribution in [3.05, 3.63) is 80.3 Å². The van der Waals surface area contributed by atoms with E-state index in [0.717, 1.165) is 11.6 Å². The molecule has 1 aromatic carbocycles. The van der Waals surface area contributed by atoms with Crippen LogP contribution < -0.4 is 10.3 Å². The van der Waals surface area contributed by atoms with E-state index in [1.807, 2.05) is 13.0 Å². The molecule has 0 radical (unpaired) electrons. The SMILES string of the molecule is Cc1ccc2nc(COC(=O)/C=C/c3cc(Br)ccc3OC(F)F)cc(=O)n2c1. The minimum Gasteiger partial charge on any atom is -0.456 e. The zero-order valence-electron chi connectivity index (χ0n) is 15.1. The number of nitrogens with zero attached hydrogens (tertiary/aromatic N) is 2. The minimum absolute atomic E-state index is 0.0771. The number of hydrogen-bond donors (Lipinski definition) is 0. The summed E-state index contributed by atoms with van der Waals surface area (Å²) in [5, 5.41) is 0. The van der Waals surface area contributed by atoms with Crippen LogP contribution in [-0.4, -0.2) is 22.0 Å². The summed E-state index contributed by atoms with van der Waals surface area (Å²) in [7, 11) is 0. The number of rotatable bonds is 6. The highest BCUT2D eigenvalue weighted by Gasteiger charge is 2.10. The van der Waals surface area contributed by atoms with Gasteiger partial charge in [0.1, 0.15) is 18.0 Å². The third-order valence-corrected chi connectivity index (χ3v) is 4.30. The zero-order valence-corrected chi connectivity index (χ0v) is 16.7. The number of aryl methyl sites for hydroxylation is 1. The molecule has 29 heavy (non-hydrogen) atoms. The van der Waals surface area contributed by atoms with Crippen LogP contribution in [0.15, 0.2) is 57.9 Å². The van der Waals surface area contributed by atoms with E-state index in [0.29, 0.717) is 15.8 Å². The fourth-order valence-corrected chi connectivity index (χ4v) is 2.91. The molecule has 0 unspecified atom stereocenters. The van der Waals surface area contributed by atoms with Gasteiger partial charge < -0.3 is 9.47 Å². The van der Waals surface area contributed by atoms with Crippen molar-refractivity contribution >= 4 is 33.6 Å². The maximum absolute atomic E-state index is 12.5. The Hall–Kier alpha value is -3.07. The summed E-state index contributed by atoms with van der Waals surface area (Å²) in [6.45, 7) is -1.34. The number of esters is 1. The molecule has 3 aromatic rings. The quantitative estimate of drug-likeness (QED) is 0.405. The van der Waals surface area contributed by atoms with Gasteiger partial charge in [-0.3, -0.25) is 9.20 Å². The summed E-state index contributed by atoms with van der Waals surface area (Å²) >= 11 is 3.23. The van der Waals surface area contributed by atoms with Crippen molar-refractivity contribution in [3.63, 3.8) is 0 Å². The Kier molecular flexibility index (Phi) is 6.38. The summed E-state index contributed by atoms with van der Waals surface area (Å²) in [5.74, 6) is -0.800. The predicted octanol–water partition coefficient (Wildman–Crippen LogP) is 4.12. The fourth-order valence-electron chi connectivity index (χ4n) is 2.54. The van der Waals surface area contributed by atoms with Gasteiger partial charge in [0, 0.05) is 28.4 Å². The van der Waals surface area contributed by atoms with Gasteiger partial charge in [0.25, 0.3) is 5.56 Å². The van der Waals surface area contributed by atoms with Gasteiger partial charge in [-0.15, -0.1) is 0 Å². The molecule has 0 aliphatic carbocycles. The highest BCUT2D eigenvalue weighted by Crippen LogP contribution is 2.26. The molecule has 0 saturated heterocycles. The highest BCUT2D eigenvalue weighted by atomic mass is 79.9. The molecule has 0 amide bonds. The molecule has 0 atom stereocenters. The predicted molar refractivity (Wildman–Crippen MR) is 106 cm³/mol. The topological polar surface area (TPSA) is 69.9 Å². The average molecular weight is 465 g/mol. The van der Waals surface area contributed by atoms with Gasteiger partial charge in [-0.2, -0.15) is 8.78 Å². The molecule has 2 heterocycles. The second-order valence-electron chi connectivity index (χ2n) is 6.02. The van der Waals surface area contributed by atoms with Gasteiger partial charge in [0.15, 0.2) is 0 Å². The number of carbonyl (C=O) groups excluding carboxylic acids is 1. The molecule has 0 N–H and O–H groups in total. The summed E-state index contributed by atoms with van der Waals surface area (Å²) < 4.78 is 36.5.